The lowest BCUT2D eigenvalue weighted by Gasteiger charge is -2.13. The summed E-state index contributed by atoms with van der Waals surface area (Å²) >= 11 is 9.43. The third kappa shape index (κ3) is 4.43. The Morgan fingerprint density at radius 1 is 1.19 bits per heavy atom. The normalized spacial score (nSPS) is 10.5. The van der Waals surface area contributed by atoms with Crippen LogP contribution in [-0.2, 0) is 6.54 Å². The van der Waals surface area contributed by atoms with E-state index < -0.39 is 0 Å². The summed E-state index contributed by atoms with van der Waals surface area (Å²) in [6.45, 7) is 0.482. The van der Waals surface area contributed by atoms with E-state index in [1.54, 1.807) is 29.1 Å². The number of halogens is 2. The predicted molar refractivity (Wildman–Crippen MR) is 108 cm³/mol. The summed E-state index contributed by atoms with van der Waals surface area (Å²) in [5, 5.41) is 7.79. The number of carbonyl (C=O) groups excluding carboxylic acids is 1. The highest BCUT2D eigenvalue weighted by Gasteiger charge is 2.16. The van der Waals surface area contributed by atoms with Crippen molar-refractivity contribution in [2.45, 2.75) is 6.54 Å². The number of ether oxygens (including phenoxy) is 2. The number of nitrogens with one attached hydrogen (secondary N) is 1. The average molecular weight is 451 g/mol. The molecule has 0 atom stereocenters. The van der Waals surface area contributed by atoms with Gasteiger partial charge in [-0.15, -0.1) is 0 Å². The van der Waals surface area contributed by atoms with Gasteiger partial charge in [0.15, 0.2) is 0 Å². The van der Waals surface area contributed by atoms with Gasteiger partial charge >= 0.3 is 0 Å². The van der Waals surface area contributed by atoms with Crippen molar-refractivity contribution in [2.24, 2.45) is 0 Å². The van der Waals surface area contributed by atoms with Crippen LogP contribution in [0.4, 0.5) is 5.82 Å². The van der Waals surface area contributed by atoms with Gasteiger partial charge in [-0.3, -0.25) is 4.79 Å². The van der Waals surface area contributed by atoms with Crippen molar-refractivity contribution in [2.75, 3.05) is 19.5 Å². The molecule has 0 aliphatic carbocycles. The monoisotopic (exact) mass is 449 g/mol. The number of anilines is 1. The molecule has 6 nitrogen and oxygen atoms in total. The first kappa shape index (κ1) is 19.3. The molecule has 1 heterocycles. The van der Waals surface area contributed by atoms with Gasteiger partial charge < -0.3 is 14.8 Å². The van der Waals surface area contributed by atoms with Gasteiger partial charge in [0.2, 0.25) is 0 Å². The maximum atomic E-state index is 12.7. The van der Waals surface area contributed by atoms with Gasteiger partial charge in [0, 0.05) is 16.7 Å². The molecule has 0 spiro atoms. The zero-order chi connectivity index (χ0) is 19.4. The molecule has 0 aliphatic heterocycles. The molecular weight excluding hydrogens is 434 g/mol. The minimum Gasteiger partial charge on any atom is -0.495 e. The molecule has 1 N–H and O–H groups in total. The van der Waals surface area contributed by atoms with Gasteiger partial charge in [0.05, 0.1) is 27.0 Å². The number of nitrogens with zero attached hydrogens (tertiary/aromatic N) is 2. The van der Waals surface area contributed by atoms with Crippen molar-refractivity contribution >= 4 is 39.3 Å². The second-order valence-corrected chi connectivity index (χ2v) is 6.88. The Kier molecular flexibility index (Phi) is 6.03. The van der Waals surface area contributed by atoms with Crippen LogP contribution in [0.15, 0.2) is 53.1 Å². The summed E-state index contributed by atoms with van der Waals surface area (Å²) in [6, 6.07) is 12.5. The highest BCUT2D eigenvalue weighted by Crippen LogP contribution is 2.35. The van der Waals surface area contributed by atoms with Crippen LogP contribution in [-0.4, -0.2) is 29.9 Å². The van der Waals surface area contributed by atoms with Gasteiger partial charge in [-0.25, -0.2) is 4.68 Å². The molecule has 27 heavy (non-hydrogen) atoms. The van der Waals surface area contributed by atoms with E-state index in [2.05, 4.69) is 26.3 Å². The third-order valence-corrected chi connectivity index (χ3v) is 4.90. The first-order chi connectivity index (χ1) is 13.0. The number of benzene rings is 2. The number of amides is 1. The number of aromatic nitrogens is 2. The third-order valence-electron chi connectivity index (χ3n) is 3.89. The quantitative estimate of drug-likeness (QED) is 0.595. The summed E-state index contributed by atoms with van der Waals surface area (Å²) in [6.07, 6.45) is 1.63. The minimum atomic E-state index is -0.299. The summed E-state index contributed by atoms with van der Waals surface area (Å²) in [7, 11) is 3.06. The zero-order valence-electron chi connectivity index (χ0n) is 14.7. The topological polar surface area (TPSA) is 65.4 Å². The molecule has 1 aromatic heterocycles. The molecular formula is C19H17BrClN3O3. The largest absolute Gasteiger partial charge is 0.495 e. The Labute approximate surface area is 170 Å². The first-order valence-electron chi connectivity index (χ1n) is 8.01. The second kappa shape index (κ2) is 8.45. The van der Waals surface area contributed by atoms with E-state index in [9.17, 15) is 4.79 Å². The van der Waals surface area contributed by atoms with E-state index >= 15 is 0 Å². The fourth-order valence-electron chi connectivity index (χ4n) is 2.56. The molecule has 0 saturated heterocycles. The first-order valence-corrected chi connectivity index (χ1v) is 9.18. The Morgan fingerprint density at radius 3 is 2.52 bits per heavy atom. The average Bonchev–Trinajstić information content (AvgIpc) is 3.08. The van der Waals surface area contributed by atoms with Crippen LogP contribution in [0.5, 0.6) is 11.5 Å². The zero-order valence-corrected chi connectivity index (χ0v) is 17.0. The fraction of sp³-hybridized carbons (Fsp3) is 0.158. The number of carbonyl (C=O) groups is 1. The van der Waals surface area contributed by atoms with Crippen LogP contribution in [0.3, 0.4) is 0 Å². The SMILES string of the molecule is COc1cc(C(=O)Nc2ccnn2Cc2cccc(Cl)c2)cc(OC)c1Br. The van der Waals surface area contributed by atoms with Gasteiger partial charge in [0.25, 0.3) is 5.91 Å². The van der Waals surface area contributed by atoms with Crippen LogP contribution in [0.1, 0.15) is 15.9 Å². The highest BCUT2D eigenvalue weighted by atomic mass is 79.9. The van der Waals surface area contributed by atoms with E-state index in [1.807, 2.05) is 24.3 Å². The summed E-state index contributed by atoms with van der Waals surface area (Å²) in [5.41, 5.74) is 1.39. The van der Waals surface area contributed by atoms with Gasteiger partial charge in [-0.05, 0) is 45.8 Å². The van der Waals surface area contributed by atoms with E-state index in [-0.39, 0.29) is 5.91 Å². The van der Waals surface area contributed by atoms with E-state index in [1.165, 1.54) is 14.2 Å². The summed E-state index contributed by atoms with van der Waals surface area (Å²) < 4.78 is 12.9. The molecule has 8 heteroatoms. The molecule has 0 bridgehead atoms. The van der Waals surface area contributed by atoms with Crippen LogP contribution in [0.2, 0.25) is 5.02 Å². The molecule has 0 saturated carbocycles. The Hall–Kier alpha value is -2.51. The Morgan fingerprint density at radius 2 is 1.89 bits per heavy atom. The fourth-order valence-corrected chi connectivity index (χ4v) is 3.33. The molecule has 2 aromatic carbocycles. The van der Waals surface area contributed by atoms with Gasteiger partial charge in [0.1, 0.15) is 21.8 Å². The van der Waals surface area contributed by atoms with Crippen LogP contribution in [0, 0.1) is 0 Å². The molecule has 0 fully saturated rings. The molecule has 0 aliphatic rings. The van der Waals surface area contributed by atoms with E-state index in [0.717, 1.165) is 5.56 Å². The molecule has 3 rings (SSSR count). The maximum absolute atomic E-state index is 12.7. The van der Waals surface area contributed by atoms with Crippen molar-refractivity contribution < 1.29 is 14.3 Å². The highest BCUT2D eigenvalue weighted by molar-refractivity contribution is 9.10. The lowest BCUT2D eigenvalue weighted by Crippen LogP contribution is -2.16. The number of hydrogen-bond acceptors (Lipinski definition) is 4. The van der Waals surface area contributed by atoms with Crippen LogP contribution >= 0.6 is 27.5 Å². The van der Waals surface area contributed by atoms with Gasteiger partial charge in [-0.2, -0.15) is 5.10 Å². The number of rotatable bonds is 6. The lowest BCUT2D eigenvalue weighted by molar-refractivity contribution is 0.102. The van der Waals surface area contributed by atoms with Crippen molar-refractivity contribution in [3.8, 4) is 11.5 Å². The summed E-state index contributed by atoms with van der Waals surface area (Å²) in [5.74, 6) is 1.28. The Bertz CT molecular complexity index is 949. The van der Waals surface area contributed by atoms with E-state index in [0.29, 0.717) is 38.9 Å². The van der Waals surface area contributed by atoms with Crippen LogP contribution in [0.25, 0.3) is 0 Å². The van der Waals surface area contributed by atoms with Crippen molar-refractivity contribution in [3.05, 3.63) is 69.3 Å². The lowest BCUT2D eigenvalue weighted by atomic mass is 10.2. The maximum Gasteiger partial charge on any atom is 0.257 e. The van der Waals surface area contributed by atoms with Crippen LogP contribution < -0.4 is 14.8 Å². The number of methoxy groups -OCH3 is 2. The molecule has 0 radical (unpaired) electrons. The van der Waals surface area contributed by atoms with Gasteiger partial charge in [-0.1, -0.05) is 23.7 Å². The predicted octanol–water partition coefficient (Wildman–Crippen LogP) is 4.62. The molecule has 1 amide bonds. The molecule has 0 unspecified atom stereocenters. The Balaban J connectivity index is 1.82. The summed E-state index contributed by atoms with van der Waals surface area (Å²) in [4.78, 5) is 12.7. The smallest absolute Gasteiger partial charge is 0.257 e. The standard InChI is InChI=1S/C19H17BrClN3O3/c1-26-15-9-13(10-16(27-2)18(15)20)19(25)23-17-6-7-22-24(17)11-12-4-3-5-14(21)8-12/h3-10H,11H2,1-2H3,(H,23,25). The second-order valence-electron chi connectivity index (χ2n) is 5.65. The molecule has 140 valence electrons. The van der Waals surface area contributed by atoms with Crippen molar-refractivity contribution in [3.63, 3.8) is 0 Å². The van der Waals surface area contributed by atoms with Crippen molar-refractivity contribution in [1.82, 2.24) is 9.78 Å². The molecule has 3 aromatic rings. The number of hydrogen-bond donors (Lipinski definition) is 1. The minimum absolute atomic E-state index is 0.299. The van der Waals surface area contributed by atoms with E-state index in [4.69, 9.17) is 21.1 Å². The van der Waals surface area contributed by atoms with Crippen molar-refractivity contribution in [1.29, 1.82) is 0 Å².